The van der Waals surface area contributed by atoms with Crippen LogP contribution in [0.25, 0.3) is 0 Å². The zero-order valence-corrected chi connectivity index (χ0v) is 8.98. The highest BCUT2D eigenvalue weighted by Crippen LogP contribution is 2.29. The van der Waals surface area contributed by atoms with Gasteiger partial charge in [-0.2, -0.15) is 5.26 Å². The third-order valence-electron chi connectivity index (χ3n) is 1.76. The minimum Gasteiger partial charge on any atom is -0.397 e. The summed E-state index contributed by atoms with van der Waals surface area (Å²) < 4.78 is 0. The van der Waals surface area contributed by atoms with Gasteiger partial charge in [-0.15, -0.1) is 0 Å². The predicted molar refractivity (Wildman–Crippen MR) is 59.5 cm³/mol. The molecule has 0 fully saturated rings. The van der Waals surface area contributed by atoms with Gasteiger partial charge >= 0.3 is 0 Å². The van der Waals surface area contributed by atoms with Crippen molar-refractivity contribution < 1.29 is 0 Å². The van der Waals surface area contributed by atoms with E-state index < -0.39 is 0 Å². The highest BCUT2D eigenvalue weighted by Gasteiger charge is 2.09. The minimum atomic E-state index is 0.276. The highest BCUT2D eigenvalue weighted by molar-refractivity contribution is 7.99. The summed E-state index contributed by atoms with van der Waals surface area (Å²) in [6.45, 7) is 0. The molecule has 2 N–H and O–H groups in total. The zero-order valence-electron chi connectivity index (χ0n) is 8.16. The van der Waals surface area contributed by atoms with E-state index in [0.717, 1.165) is 0 Å². The Kier molecular flexibility index (Phi) is 2.98. The summed E-state index contributed by atoms with van der Waals surface area (Å²) in [6.07, 6.45) is 4.65. The molecule has 0 atom stereocenters. The Morgan fingerprint density at radius 3 is 2.62 bits per heavy atom. The van der Waals surface area contributed by atoms with Gasteiger partial charge in [-0.25, -0.2) is 15.0 Å². The maximum atomic E-state index is 8.85. The van der Waals surface area contributed by atoms with Gasteiger partial charge in [0.2, 0.25) is 0 Å². The van der Waals surface area contributed by atoms with Crippen molar-refractivity contribution in [1.29, 1.82) is 5.26 Å². The number of nitrogens with zero attached hydrogens (tertiary/aromatic N) is 4. The molecule has 6 heteroatoms. The van der Waals surface area contributed by atoms with E-state index in [-0.39, 0.29) is 5.69 Å². The van der Waals surface area contributed by atoms with Gasteiger partial charge in [0.25, 0.3) is 0 Å². The molecule has 78 valence electrons. The van der Waals surface area contributed by atoms with Crippen LogP contribution in [0.2, 0.25) is 0 Å². The summed E-state index contributed by atoms with van der Waals surface area (Å²) in [7, 11) is 0. The quantitative estimate of drug-likeness (QED) is 0.839. The summed E-state index contributed by atoms with van der Waals surface area (Å²) in [4.78, 5) is 12.1. The Bertz CT molecular complexity index is 549. The lowest BCUT2D eigenvalue weighted by Crippen LogP contribution is -1.94. The highest BCUT2D eigenvalue weighted by atomic mass is 32.2. The van der Waals surface area contributed by atoms with Gasteiger partial charge < -0.3 is 5.73 Å². The van der Waals surface area contributed by atoms with Crippen LogP contribution in [0.1, 0.15) is 5.69 Å². The fraction of sp³-hybridized carbons (Fsp3) is 0. The molecule has 0 bridgehead atoms. The number of nitrogen functional groups attached to an aromatic ring is 1. The first-order valence-electron chi connectivity index (χ1n) is 4.40. The average Bonchev–Trinajstić information content (AvgIpc) is 2.33. The lowest BCUT2D eigenvalue weighted by atomic mass is 10.4. The summed E-state index contributed by atoms with van der Waals surface area (Å²) in [5.41, 5.74) is 6.58. The van der Waals surface area contributed by atoms with Gasteiger partial charge in [0.05, 0.1) is 5.69 Å². The fourth-order valence-electron chi connectivity index (χ4n) is 1.06. The van der Waals surface area contributed by atoms with Gasteiger partial charge in [0.1, 0.15) is 16.1 Å². The van der Waals surface area contributed by atoms with Crippen LogP contribution in [0.3, 0.4) is 0 Å². The number of nitriles is 1. The van der Waals surface area contributed by atoms with Crippen LogP contribution in [-0.2, 0) is 0 Å². The molecule has 0 saturated heterocycles. The maximum absolute atomic E-state index is 8.85. The van der Waals surface area contributed by atoms with E-state index in [2.05, 4.69) is 15.0 Å². The van der Waals surface area contributed by atoms with Crippen molar-refractivity contribution in [3.05, 3.63) is 36.4 Å². The van der Waals surface area contributed by atoms with E-state index >= 15 is 0 Å². The SMILES string of the molecule is N#Cc1nccnc1Sc1ncccc1N. The number of pyridine rings is 1. The van der Waals surface area contributed by atoms with Crippen LogP contribution >= 0.6 is 11.8 Å². The van der Waals surface area contributed by atoms with Gasteiger partial charge in [-0.3, -0.25) is 0 Å². The second kappa shape index (κ2) is 4.59. The second-order valence-corrected chi connectivity index (χ2v) is 3.80. The predicted octanol–water partition coefficient (Wildman–Crippen LogP) is 1.48. The Balaban J connectivity index is 2.35. The summed E-state index contributed by atoms with van der Waals surface area (Å²) in [6, 6.07) is 5.47. The lowest BCUT2D eigenvalue weighted by Gasteiger charge is -2.03. The van der Waals surface area contributed by atoms with E-state index in [4.69, 9.17) is 11.0 Å². The Hall–Kier alpha value is -2.13. The molecule has 0 aliphatic heterocycles. The van der Waals surface area contributed by atoms with E-state index in [1.165, 1.54) is 24.2 Å². The number of rotatable bonds is 2. The number of hydrogen-bond acceptors (Lipinski definition) is 6. The van der Waals surface area contributed by atoms with Crippen molar-refractivity contribution in [3.8, 4) is 6.07 Å². The molecule has 5 nitrogen and oxygen atoms in total. The van der Waals surface area contributed by atoms with E-state index in [1.54, 1.807) is 18.3 Å². The van der Waals surface area contributed by atoms with E-state index in [1.807, 2.05) is 6.07 Å². The molecule has 0 saturated carbocycles. The third kappa shape index (κ3) is 2.10. The van der Waals surface area contributed by atoms with Crippen LogP contribution in [0.15, 0.2) is 40.8 Å². The summed E-state index contributed by atoms with van der Waals surface area (Å²) >= 11 is 1.23. The molecule has 16 heavy (non-hydrogen) atoms. The zero-order chi connectivity index (χ0) is 11.4. The van der Waals surface area contributed by atoms with Crippen molar-refractivity contribution in [2.24, 2.45) is 0 Å². The van der Waals surface area contributed by atoms with Gasteiger partial charge in [-0.05, 0) is 23.9 Å². The smallest absolute Gasteiger partial charge is 0.173 e. The topological polar surface area (TPSA) is 88.5 Å². The molecule has 0 radical (unpaired) electrons. The lowest BCUT2D eigenvalue weighted by molar-refractivity contribution is 1.02. The van der Waals surface area contributed by atoms with Crippen molar-refractivity contribution in [2.45, 2.75) is 10.1 Å². The number of anilines is 1. The molecule has 0 aliphatic rings. The maximum Gasteiger partial charge on any atom is 0.173 e. The Labute approximate surface area is 96.4 Å². The van der Waals surface area contributed by atoms with Crippen LogP contribution < -0.4 is 5.73 Å². The molecule has 2 rings (SSSR count). The summed E-state index contributed by atoms with van der Waals surface area (Å²) in [5.74, 6) is 0. The van der Waals surface area contributed by atoms with Gasteiger partial charge in [-0.1, -0.05) is 0 Å². The van der Waals surface area contributed by atoms with Crippen molar-refractivity contribution in [3.63, 3.8) is 0 Å². The van der Waals surface area contributed by atoms with Gasteiger partial charge in [0, 0.05) is 18.6 Å². The number of aromatic nitrogens is 3. The average molecular weight is 229 g/mol. The minimum absolute atomic E-state index is 0.276. The second-order valence-electron chi connectivity index (χ2n) is 2.82. The van der Waals surface area contributed by atoms with Crippen molar-refractivity contribution in [1.82, 2.24) is 15.0 Å². The normalized spacial score (nSPS) is 9.69. The fourth-order valence-corrected chi connectivity index (χ4v) is 1.85. The molecule has 0 unspecified atom stereocenters. The van der Waals surface area contributed by atoms with E-state index in [0.29, 0.717) is 15.7 Å². The first-order chi connectivity index (χ1) is 7.81. The van der Waals surface area contributed by atoms with Crippen LogP contribution in [0.4, 0.5) is 5.69 Å². The van der Waals surface area contributed by atoms with Gasteiger partial charge in [0.15, 0.2) is 5.69 Å². The van der Waals surface area contributed by atoms with Crippen LogP contribution in [-0.4, -0.2) is 15.0 Å². The first kappa shape index (κ1) is 10.4. The molecular weight excluding hydrogens is 222 g/mol. The molecule has 0 aromatic carbocycles. The van der Waals surface area contributed by atoms with Crippen molar-refractivity contribution >= 4 is 17.4 Å². The summed E-state index contributed by atoms with van der Waals surface area (Å²) in [5, 5.41) is 9.98. The molecule has 2 aromatic heterocycles. The largest absolute Gasteiger partial charge is 0.397 e. The molecule has 0 spiro atoms. The Morgan fingerprint density at radius 1 is 1.12 bits per heavy atom. The van der Waals surface area contributed by atoms with E-state index in [9.17, 15) is 0 Å². The standard InChI is InChI=1S/C10H7N5S/c11-6-8-10(15-5-4-13-8)16-9-7(12)2-1-3-14-9/h1-5H,12H2. The number of nitrogens with two attached hydrogens (primary N) is 1. The molecule has 2 heterocycles. The molecule has 2 aromatic rings. The molecular formula is C10H7N5S. The molecule has 0 aliphatic carbocycles. The molecule has 0 amide bonds. The van der Waals surface area contributed by atoms with Crippen LogP contribution in [0.5, 0.6) is 0 Å². The monoisotopic (exact) mass is 229 g/mol. The first-order valence-corrected chi connectivity index (χ1v) is 5.22. The van der Waals surface area contributed by atoms with Crippen molar-refractivity contribution in [2.75, 3.05) is 5.73 Å². The third-order valence-corrected chi connectivity index (χ3v) is 2.79. The Morgan fingerprint density at radius 2 is 1.88 bits per heavy atom. The number of hydrogen-bond donors (Lipinski definition) is 1. The van der Waals surface area contributed by atoms with Crippen LogP contribution in [0, 0.1) is 11.3 Å².